The SMILES string of the molecule is O=C(NCC1CCCCC1CCl)c1ccc(F)cc1F. The lowest BCUT2D eigenvalue weighted by Crippen LogP contribution is -2.35. The van der Waals surface area contributed by atoms with E-state index in [1.165, 1.54) is 12.5 Å². The molecule has 1 aliphatic carbocycles. The van der Waals surface area contributed by atoms with Gasteiger partial charge in [-0.05, 0) is 36.8 Å². The summed E-state index contributed by atoms with van der Waals surface area (Å²) < 4.78 is 26.3. The topological polar surface area (TPSA) is 29.1 Å². The molecule has 1 aromatic rings. The molecule has 0 aromatic heterocycles. The summed E-state index contributed by atoms with van der Waals surface area (Å²) in [5.74, 6) is -0.682. The quantitative estimate of drug-likeness (QED) is 0.843. The molecule has 0 aliphatic heterocycles. The summed E-state index contributed by atoms with van der Waals surface area (Å²) in [6.07, 6.45) is 4.42. The maximum atomic E-state index is 13.5. The summed E-state index contributed by atoms with van der Waals surface area (Å²) in [5.41, 5.74) is -0.121. The first-order valence-corrected chi connectivity index (χ1v) is 7.44. The highest BCUT2D eigenvalue weighted by molar-refractivity contribution is 6.18. The molecule has 110 valence electrons. The number of hydrogen-bond acceptors (Lipinski definition) is 1. The zero-order valence-electron chi connectivity index (χ0n) is 11.2. The zero-order valence-corrected chi connectivity index (χ0v) is 11.9. The van der Waals surface area contributed by atoms with Crippen molar-refractivity contribution in [1.29, 1.82) is 0 Å². The Morgan fingerprint density at radius 2 is 1.95 bits per heavy atom. The zero-order chi connectivity index (χ0) is 14.5. The molecule has 2 rings (SSSR count). The lowest BCUT2D eigenvalue weighted by atomic mass is 9.80. The summed E-state index contributed by atoms with van der Waals surface area (Å²) >= 11 is 5.94. The van der Waals surface area contributed by atoms with Gasteiger partial charge in [0.1, 0.15) is 11.6 Å². The van der Waals surface area contributed by atoms with Crippen molar-refractivity contribution < 1.29 is 13.6 Å². The smallest absolute Gasteiger partial charge is 0.254 e. The Morgan fingerprint density at radius 1 is 1.25 bits per heavy atom. The van der Waals surface area contributed by atoms with Crippen molar-refractivity contribution in [3.8, 4) is 0 Å². The van der Waals surface area contributed by atoms with Gasteiger partial charge in [0.25, 0.3) is 5.91 Å². The summed E-state index contributed by atoms with van der Waals surface area (Å²) in [5, 5.41) is 2.73. The van der Waals surface area contributed by atoms with Gasteiger partial charge in [-0.2, -0.15) is 0 Å². The molecule has 1 N–H and O–H groups in total. The van der Waals surface area contributed by atoms with Gasteiger partial charge in [-0.3, -0.25) is 4.79 Å². The highest BCUT2D eigenvalue weighted by Crippen LogP contribution is 2.30. The number of rotatable bonds is 4. The second-order valence-corrected chi connectivity index (χ2v) is 5.60. The van der Waals surface area contributed by atoms with Crippen LogP contribution in [0.25, 0.3) is 0 Å². The maximum Gasteiger partial charge on any atom is 0.254 e. The molecule has 0 radical (unpaired) electrons. The molecule has 1 saturated carbocycles. The first-order valence-electron chi connectivity index (χ1n) is 6.91. The summed E-state index contributed by atoms with van der Waals surface area (Å²) in [6, 6.07) is 2.97. The highest BCUT2D eigenvalue weighted by atomic mass is 35.5. The van der Waals surface area contributed by atoms with Crippen molar-refractivity contribution in [2.24, 2.45) is 11.8 Å². The standard InChI is InChI=1S/C15H18ClF2NO/c16-8-10-3-1-2-4-11(10)9-19-15(20)13-6-5-12(17)7-14(13)18/h5-7,10-11H,1-4,8-9H2,(H,19,20). The molecule has 0 saturated heterocycles. The third-order valence-corrected chi connectivity index (χ3v) is 4.36. The number of nitrogens with one attached hydrogen (secondary N) is 1. The van der Waals surface area contributed by atoms with Gasteiger partial charge in [0.05, 0.1) is 5.56 Å². The number of halogens is 3. The van der Waals surface area contributed by atoms with Gasteiger partial charge in [0.15, 0.2) is 0 Å². The van der Waals surface area contributed by atoms with E-state index in [-0.39, 0.29) is 5.56 Å². The van der Waals surface area contributed by atoms with Crippen molar-refractivity contribution in [2.75, 3.05) is 12.4 Å². The monoisotopic (exact) mass is 301 g/mol. The van der Waals surface area contributed by atoms with Gasteiger partial charge in [0.2, 0.25) is 0 Å². The van der Waals surface area contributed by atoms with Crippen LogP contribution in [0.3, 0.4) is 0 Å². The maximum absolute atomic E-state index is 13.5. The number of hydrogen-bond donors (Lipinski definition) is 1. The fourth-order valence-corrected chi connectivity index (χ4v) is 3.16. The van der Waals surface area contributed by atoms with Gasteiger partial charge in [-0.15, -0.1) is 11.6 Å². The van der Waals surface area contributed by atoms with Crippen LogP contribution in [0.4, 0.5) is 8.78 Å². The molecule has 0 spiro atoms. The van der Waals surface area contributed by atoms with Crippen LogP contribution in [0.2, 0.25) is 0 Å². The Hall–Kier alpha value is -1.16. The van der Waals surface area contributed by atoms with Crippen LogP contribution in [0.1, 0.15) is 36.0 Å². The minimum Gasteiger partial charge on any atom is -0.352 e. The molecule has 1 amide bonds. The van der Waals surface area contributed by atoms with Crippen molar-refractivity contribution >= 4 is 17.5 Å². The number of carbonyl (C=O) groups excluding carboxylic acids is 1. The summed E-state index contributed by atoms with van der Waals surface area (Å²) in [4.78, 5) is 11.9. The molecule has 0 bridgehead atoms. The van der Waals surface area contributed by atoms with E-state index >= 15 is 0 Å². The van der Waals surface area contributed by atoms with E-state index in [9.17, 15) is 13.6 Å². The lowest BCUT2D eigenvalue weighted by molar-refractivity contribution is 0.0932. The molecule has 0 heterocycles. The first kappa shape index (κ1) is 15.2. The molecule has 20 heavy (non-hydrogen) atoms. The molecule has 2 nitrogen and oxygen atoms in total. The normalized spacial score (nSPS) is 22.6. The van der Waals surface area contributed by atoms with E-state index in [1.54, 1.807) is 0 Å². The predicted molar refractivity (Wildman–Crippen MR) is 74.9 cm³/mol. The van der Waals surface area contributed by atoms with E-state index in [1.807, 2.05) is 0 Å². The van der Waals surface area contributed by atoms with Crippen LogP contribution in [-0.4, -0.2) is 18.3 Å². The van der Waals surface area contributed by atoms with E-state index in [0.717, 1.165) is 31.4 Å². The van der Waals surface area contributed by atoms with Crippen LogP contribution in [0, 0.1) is 23.5 Å². The molecule has 5 heteroatoms. The van der Waals surface area contributed by atoms with Gasteiger partial charge >= 0.3 is 0 Å². The lowest BCUT2D eigenvalue weighted by Gasteiger charge is -2.30. The summed E-state index contributed by atoms with van der Waals surface area (Å²) in [6.45, 7) is 0.493. The average Bonchev–Trinajstić information content (AvgIpc) is 2.45. The number of benzene rings is 1. The first-order chi connectivity index (χ1) is 9.61. The highest BCUT2D eigenvalue weighted by Gasteiger charge is 2.25. The second kappa shape index (κ2) is 7.02. The molecule has 1 aliphatic rings. The van der Waals surface area contributed by atoms with E-state index in [2.05, 4.69) is 5.32 Å². The van der Waals surface area contributed by atoms with Crippen molar-refractivity contribution in [3.63, 3.8) is 0 Å². The largest absolute Gasteiger partial charge is 0.352 e. The van der Waals surface area contributed by atoms with Crippen LogP contribution < -0.4 is 5.32 Å². The second-order valence-electron chi connectivity index (χ2n) is 5.29. The molecular formula is C15H18ClF2NO. The van der Waals surface area contributed by atoms with E-state index in [4.69, 9.17) is 11.6 Å². The average molecular weight is 302 g/mol. The molecular weight excluding hydrogens is 284 g/mol. The molecule has 1 aromatic carbocycles. The van der Waals surface area contributed by atoms with Crippen LogP contribution >= 0.6 is 11.6 Å². The minimum absolute atomic E-state index is 0.121. The van der Waals surface area contributed by atoms with Crippen molar-refractivity contribution in [2.45, 2.75) is 25.7 Å². The number of alkyl halides is 1. The molecule has 1 fully saturated rings. The molecule has 2 atom stereocenters. The van der Waals surface area contributed by atoms with Gasteiger partial charge in [-0.1, -0.05) is 12.8 Å². The van der Waals surface area contributed by atoms with Gasteiger partial charge in [-0.25, -0.2) is 8.78 Å². The Balaban J connectivity index is 1.94. The van der Waals surface area contributed by atoms with Crippen molar-refractivity contribution in [3.05, 3.63) is 35.4 Å². The fraction of sp³-hybridized carbons (Fsp3) is 0.533. The number of amides is 1. The predicted octanol–water partition coefficient (Wildman–Crippen LogP) is 3.74. The molecule has 2 unspecified atom stereocenters. The Bertz CT molecular complexity index is 481. The van der Waals surface area contributed by atoms with E-state index < -0.39 is 17.5 Å². The van der Waals surface area contributed by atoms with Gasteiger partial charge < -0.3 is 5.32 Å². The summed E-state index contributed by atoms with van der Waals surface area (Å²) in [7, 11) is 0. The van der Waals surface area contributed by atoms with Crippen LogP contribution in [0.5, 0.6) is 0 Å². The van der Waals surface area contributed by atoms with Gasteiger partial charge in [0, 0.05) is 18.5 Å². The van der Waals surface area contributed by atoms with E-state index in [0.29, 0.717) is 24.3 Å². The van der Waals surface area contributed by atoms with Crippen LogP contribution in [-0.2, 0) is 0 Å². The Morgan fingerprint density at radius 3 is 2.60 bits per heavy atom. The fourth-order valence-electron chi connectivity index (χ4n) is 2.75. The third-order valence-electron chi connectivity index (χ3n) is 3.97. The third kappa shape index (κ3) is 3.69. The Labute approximate surface area is 122 Å². The minimum atomic E-state index is -0.833. The number of carbonyl (C=O) groups is 1. The van der Waals surface area contributed by atoms with Crippen molar-refractivity contribution in [1.82, 2.24) is 5.32 Å². The van der Waals surface area contributed by atoms with Crippen LogP contribution in [0.15, 0.2) is 18.2 Å². The Kier molecular flexibility index (Phi) is 5.35.